The minimum Gasteiger partial charge on any atom is -0.481 e. The summed E-state index contributed by atoms with van der Waals surface area (Å²) in [4.78, 5) is 22.8. The zero-order chi connectivity index (χ0) is 20.1. The number of rotatable bonds is 3. The van der Waals surface area contributed by atoms with E-state index in [4.69, 9.17) is 32.7 Å². The molecule has 0 aliphatic carbocycles. The molecule has 0 radical (unpaired) electrons. The number of nitrogens with zero attached hydrogens (tertiary/aromatic N) is 3. The van der Waals surface area contributed by atoms with Gasteiger partial charge >= 0.3 is 6.01 Å². The van der Waals surface area contributed by atoms with Crippen molar-refractivity contribution in [2.45, 2.75) is 4.87 Å². The average molecular weight is 419 g/mol. The third-order valence-corrected chi connectivity index (χ3v) is 4.77. The van der Waals surface area contributed by atoms with Crippen LogP contribution in [0.25, 0.3) is 0 Å². The van der Waals surface area contributed by atoms with Crippen LogP contribution in [-0.2, 0) is 9.67 Å². The fourth-order valence-electron chi connectivity index (χ4n) is 2.66. The van der Waals surface area contributed by atoms with E-state index in [1.54, 1.807) is 30.6 Å². The quantitative estimate of drug-likeness (QED) is 0.653. The maximum Gasteiger partial charge on any atom is 0.319 e. The monoisotopic (exact) mass is 418 g/mol. The maximum atomic E-state index is 12.5. The second-order valence-corrected chi connectivity index (χ2v) is 6.61. The number of pyridine rings is 1. The lowest BCUT2D eigenvalue weighted by molar-refractivity contribution is -0.117. The van der Waals surface area contributed by atoms with Crippen LogP contribution >= 0.6 is 23.2 Å². The standard InChI is InChI=1S/C14H11Cl2N3O3.C5H5N/c1-21-11-9(6-17-13(19-11)22-2)14(16)8-5-7(15)3-4-10(8)18-12(14)20;1-2-4-6-5-3-1/h3-6H,1-2H3,(H,18,20);1-5H. The van der Waals surface area contributed by atoms with Crippen molar-refractivity contribution in [3.8, 4) is 11.9 Å². The maximum absolute atomic E-state index is 12.5. The smallest absolute Gasteiger partial charge is 0.319 e. The van der Waals surface area contributed by atoms with Gasteiger partial charge in [-0.15, -0.1) is 0 Å². The summed E-state index contributed by atoms with van der Waals surface area (Å²) in [6, 6.07) is 10.8. The molecular formula is C19H16Cl2N4O3. The highest BCUT2D eigenvalue weighted by Crippen LogP contribution is 2.49. The van der Waals surface area contributed by atoms with E-state index in [1.807, 2.05) is 18.2 Å². The molecule has 144 valence electrons. The van der Waals surface area contributed by atoms with Crippen molar-refractivity contribution in [1.82, 2.24) is 15.0 Å². The molecule has 3 aromatic rings. The molecule has 7 nitrogen and oxygen atoms in total. The summed E-state index contributed by atoms with van der Waals surface area (Å²) in [7, 11) is 2.86. The number of alkyl halides is 1. The summed E-state index contributed by atoms with van der Waals surface area (Å²) in [6.07, 6.45) is 4.91. The molecule has 0 bridgehead atoms. The van der Waals surface area contributed by atoms with E-state index >= 15 is 0 Å². The Morgan fingerprint density at radius 2 is 1.82 bits per heavy atom. The van der Waals surface area contributed by atoms with Crippen molar-refractivity contribution in [2.75, 3.05) is 19.5 Å². The molecule has 4 rings (SSSR count). The Hall–Kier alpha value is -2.90. The highest BCUT2D eigenvalue weighted by molar-refractivity contribution is 6.41. The molecule has 3 heterocycles. The molecule has 0 saturated heterocycles. The number of halogens is 2. The van der Waals surface area contributed by atoms with E-state index in [2.05, 4.69) is 20.3 Å². The van der Waals surface area contributed by atoms with Crippen molar-refractivity contribution in [2.24, 2.45) is 0 Å². The van der Waals surface area contributed by atoms with Gasteiger partial charge in [-0.2, -0.15) is 4.98 Å². The van der Waals surface area contributed by atoms with E-state index in [-0.39, 0.29) is 11.9 Å². The van der Waals surface area contributed by atoms with Gasteiger partial charge < -0.3 is 14.8 Å². The van der Waals surface area contributed by atoms with Gasteiger partial charge in [0.1, 0.15) is 0 Å². The lowest BCUT2D eigenvalue weighted by Gasteiger charge is -2.21. The Kier molecular flexibility index (Phi) is 5.96. The van der Waals surface area contributed by atoms with Gasteiger partial charge in [0, 0.05) is 34.9 Å². The van der Waals surface area contributed by atoms with Crippen molar-refractivity contribution in [1.29, 1.82) is 0 Å². The second kappa shape index (κ2) is 8.41. The summed E-state index contributed by atoms with van der Waals surface area (Å²) >= 11 is 12.7. The van der Waals surface area contributed by atoms with Crippen LogP contribution in [0.2, 0.25) is 5.02 Å². The molecule has 1 N–H and O–H groups in total. The Balaban J connectivity index is 0.000000320. The summed E-state index contributed by atoms with van der Waals surface area (Å²) < 4.78 is 10.2. The summed E-state index contributed by atoms with van der Waals surface area (Å²) in [5, 5.41) is 3.19. The SMILES string of the molecule is COc1ncc(C2(Cl)C(=O)Nc3ccc(Cl)cc32)c(OC)n1.c1ccncc1. The van der Waals surface area contributed by atoms with Gasteiger partial charge in [0.05, 0.1) is 19.8 Å². The Morgan fingerprint density at radius 3 is 2.39 bits per heavy atom. The van der Waals surface area contributed by atoms with Crippen molar-refractivity contribution < 1.29 is 14.3 Å². The minimum atomic E-state index is -1.52. The van der Waals surface area contributed by atoms with Gasteiger partial charge in [0.15, 0.2) is 4.87 Å². The molecule has 1 aliphatic heterocycles. The molecular weight excluding hydrogens is 403 g/mol. The average Bonchev–Trinajstić information content (AvgIpc) is 3.00. The number of hydrogen-bond donors (Lipinski definition) is 1. The van der Waals surface area contributed by atoms with Crippen LogP contribution in [0.3, 0.4) is 0 Å². The number of carbonyl (C=O) groups is 1. The summed E-state index contributed by atoms with van der Waals surface area (Å²) in [5.74, 6) is -0.261. The van der Waals surface area contributed by atoms with Crippen LogP contribution in [0, 0.1) is 0 Å². The predicted molar refractivity (Wildman–Crippen MR) is 106 cm³/mol. The number of aromatic nitrogens is 3. The topological polar surface area (TPSA) is 86.2 Å². The number of hydrogen-bond acceptors (Lipinski definition) is 6. The van der Waals surface area contributed by atoms with Crippen LogP contribution in [0.15, 0.2) is 55.0 Å². The summed E-state index contributed by atoms with van der Waals surface area (Å²) in [5.41, 5.74) is 1.43. The number of carbonyl (C=O) groups excluding carboxylic acids is 1. The normalized spacial score (nSPS) is 17.1. The molecule has 9 heteroatoms. The van der Waals surface area contributed by atoms with Crippen LogP contribution in [0.4, 0.5) is 5.69 Å². The molecule has 0 spiro atoms. The fourth-order valence-corrected chi connectivity index (χ4v) is 3.17. The van der Waals surface area contributed by atoms with Gasteiger partial charge in [-0.25, -0.2) is 4.98 Å². The number of benzene rings is 1. The third kappa shape index (κ3) is 3.72. The minimum absolute atomic E-state index is 0.116. The van der Waals surface area contributed by atoms with Crippen molar-refractivity contribution in [3.63, 3.8) is 0 Å². The van der Waals surface area contributed by atoms with Crippen LogP contribution < -0.4 is 14.8 Å². The fraction of sp³-hybridized carbons (Fsp3) is 0.158. The van der Waals surface area contributed by atoms with E-state index in [9.17, 15) is 4.79 Å². The molecule has 0 fully saturated rings. The Bertz CT molecular complexity index is 961. The van der Waals surface area contributed by atoms with Gasteiger partial charge in [-0.05, 0) is 30.3 Å². The first kappa shape index (κ1) is 19.9. The first-order valence-corrected chi connectivity index (χ1v) is 8.87. The lowest BCUT2D eigenvalue weighted by Crippen LogP contribution is -2.30. The van der Waals surface area contributed by atoms with Gasteiger partial charge in [0.25, 0.3) is 5.91 Å². The van der Waals surface area contributed by atoms with Crippen LogP contribution in [0.5, 0.6) is 11.9 Å². The number of methoxy groups -OCH3 is 2. The van der Waals surface area contributed by atoms with Gasteiger partial charge in [-0.3, -0.25) is 9.78 Å². The molecule has 2 aromatic heterocycles. The first-order valence-electron chi connectivity index (χ1n) is 8.11. The molecule has 0 saturated carbocycles. The third-order valence-electron chi connectivity index (χ3n) is 3.96. The van der Waals surface area contributed by atoms with Crippen molar-refractivity contribution >= 4 is 34.8 Å². The molecule has 1 amide bonds. The molecule has 1 atom stereocenters. The zero-order valence-electron chi connectivity index (χ0n) is 15.0. The molecule has 1 aromatic carbocycles. The predicted octanol–water partition coefficient (Wildman–Crippen LogP) is 3.66. The molecule has 1 aliphatic rings. The number of amides is 1. The van der Waals surface area contributed by atoms with E-state index in [0.717, 1.165) is 0 Å². The largest absolute Gasteiger partial charge is 0.481 e. The van der Waals surface area contributed by atoms with Crippen LogP contribution in [-0.4, -0.2) is 35.1 Å². The summed E-state index contributed by atoms with van der Waals surface area (Å²) in [6.45, 7) is 0. The molecule has 28 heavy (non-hydrogen) atoms. The Labute approximate surface area is 171 Å². The van der Waals surface area contributed by atoms with Crippen LogP contribution in [0.1, 0.15) is 11.1 Å². The molecule has 1 unspecified atom stereocenters. The van der Waals surface area contributed by atoms with Gasteiger partial charge in [0.2, 0.25) is 5.88 Å². The number of nitrogens with one attached hydrogen (secondary N) is 1. The van der Waals surface area contributed by atoms with E-state index < -0.39 is 10.8 Å². The first-order chi connectivity index (χ1) is 13.5. The highest BCUT2D eigenvalue weighted by Gasteiger charge is 2.49. The van der Waals surface area contributed by atoms with E-state index in [0.29, 0.717) is 21.8 Å². The highest BCUT2D eigenvalue weighted by atomic mass is 35.5. The zero-order valence-corrected chi connectivity index (χ0v) is 16.5. The lowest BCUT2D eigenvalue weighted by atomic mass is 9.93. The van der Waals surface area contributed by atoms with Gasteiger partial charge in [-0.1, -0.05) is 29.3 Å². The number of anilines is 1. The second-order valence-electron chi connectivity index (χ2n) is 5.61. The Morgan fingerprint density at radius 1 is 1.07 bits per heavy atom. The van der Waals surface area contributed by atoms with Crippen molar-refractivity contribution in [3.05, 3.63) is 71.1 Å². The number of fused-ring (bicyclic) bond motifs is 1. The van der Waals surface area contributed by atoms with E-state index in [1.165, 1.54) is 20.4 Å². The number of ether oxygens (including phenoxy) is 2.